The highest BCUT2D eigenvalue weighted by Crippen LogP contribution is 2.27. The number of hydrogen-bond donors (Lipinski definition) is 2. The van der Waals surface area contributed by atoms with E-state index in [1.165, 1.54) is 0 Å². The highest BCUT2D eigenvalue weighted by Gasteiger charge is 2.08. The van der Waals surface area contributed by atoms with Crippen molar-refractivity contribution < 1.29 is 14.6 Å². The molecule has 0 aromatic heterocycles. The lowest BCUT2D eigenvalue weighted by Gasteiger charge is -2.13. The zero-order chi connectivity index (χ0) is 17.4. The van der Waals surface area contributed by atoms with Gasteiger partial charge < -0.3 is 19.9 Å². The molecule has 1 unspecified atom stereocenters. The molecule has 24 heavy (non-hydrogen) atoms. The molecule has 0 saturated carbocycles. The Morgan fingerprint density at radius 1 is 1.12 bits per heavy atom. The van der Waals surface area contributed by atoms with Crippen LogP contribution in [-0.4, -0.2) is 32.4 Å². The van der Waals surface area contributed by atoms with Crippen molar-refractivity contribution in [2.24, 2.45) is 0 Å². The topological polar surface area (TPSA) is 50.7 Å². The van der Waals surface area contributed by atoms with Crippen molar-refractivity contribution in [3.8, 4) is 11.5 Å². The van der Waals surface area contributed by atoms with Gasteiger partial charge in [-0.2, -0.15) is 0 Å². The Morgan fingerprint density at radius 2 is 1.92 bits per heavy atom. The predicted molar refractivity (Wildman–Crippen MR) is 96.8 cm³/mol. The average molecular weight is 349 g/mol. The lowest BCUT2D eigenvalue weighted by molar-refractivity contribution is 0.176. The van der Waals surface area contributed by atoms with Gasteiger partial charge in [-0.15, -0.1) is 0 Å². The summed E-state index contributed by atoms with van der Waals surface area (Å²) in [4.78, 5) is 0. The van der Waals surface area contributed by atoms with Gasteiger partial charge in [0.1, 0.15) is 0 Å². The van der Waals surface area contributed by atoms with E-state index in [1.54, 1.807) is 26.4 Å². The van der Waals surface area contributed by atoms with Crippen LogP contribution in [-0.2, 0) is 6.42 Å². The molecule has 0 amide bonds. The van der Waals surface area contributed by atoms with Crippen LogP contribution >= 0.6 is 11.6 Å². The van der Waals surface area contributed by atoms with Gasteiger partial charge in [0.2, 0.25) is 0 Å². The minimum Gasteiger partial charge on any atom is -0.493 e. The first-order valence-electron chi connectivity index (χ1n) is 7.81. The van der Waals surface area contributed by atoms with Crippen molar-refractivity contribution in [1.29, 1.82) is 0 Å². The van der Waals surface area contributed by atoms with Crippen molar-refractivity contribution in [1.82, 2.24) is 5.32 Å². The summed E-state index contributed by atoms with van der Waals surface area (Å²) >= 11 is 5.93. The van der Waals surface area contributed by atoms with Crippen LogP contribution in [0.5, 0.6) is 11.5 Å². The van der Waals surface area contributed by atoms with Crippen molar-refractivity contribution in [2.45, 2.75) is 12.5 Å². The van der Waals surface area contributed by atoms with E-state index in [9.17, 15) is 5.11 Å². The minimum absolute atomic E-state index is 0.475. The molecule has 1 radical (unpaired) electrons. The van der Waals surface area contributed by atoms with E-state index in [2.05, 4.69) is 11.7 Å². The third-order valence-electron chi connectivity index (χ3n) is 3.69. The Hall–Kier alpha value is -1.75. The molecule has 4 nitrogen and oxygen atoms in total. The highest BCUT2D eigenvalue weighted by molar-refractivity contribution is 6.30. The van der Waals surface area contributed by atoms with Crippen molar-refractivity contribution >= 4 is 11.6 Å². The summed E-state index contributed by atoms with van der Waals surface area (Å²) in [7, 11) is 3.25. The van der Waals surface area contributed by atoms with Gasteiger partial charge in [0.05, 0.1) is 20.3 Å². The standard InChI is InChI=1S/C19H23ClNO3/c1-23-18-9-8-14(11-19(18)24-2)5-4-10-21-13-17(22)15-6-3-7-16(20)12-15/h3-4,6-9,11-12,17,21-22H,5,10,13H2,1-2H3. The summed E-state index contributed by atoms with van der Waals surface area (Å²) < 4.78 is 10.5. The van der Waals surface area contributed by atoms with Gasteiger partial charge in [-0.3, -0.25) is 0 Å². The SMILES string of the molecule is COc1ccc(C[CH]CNCC(O)c2cccc(Cl)c2)cc1OC. The fraction of sp³-hybridized carbons (Fsp3) is 0.316. The molecule has 0 bridgehead atoms. The maximum absolute atomic E-state index is 10.1. The van der Waals surface area contributed by atoms with E-state index in [-0.39, 0.29) is 0 Å². The number of benzene rings is 2. The number of aliphatic hydroxyl groups is 1. The summed E-state index contributed by atoms with van der Waals surface area (Å²) in [6.07, 6.45) is 2.35. The van der Waals surface area contributed by atoms with Crippen LogP contribution in [0.15, 0.2) is 42.5 Å². The van der Waals surface area contributed by atoms with Crippen LogP contribution in [0.1, 0.15) is 17.2 Å². The maximum atomic E-state index is 10.1. The van der Waals surface area contributed by atoms with Gasteiger partial charge >= 0.3 is 0 Å². The molecule has 5 heteroatoms. The first-order valence-corrected chi connectivity index (χ1v) is 8.18. The molecule has 2 rings (SSSR count). The van der Waals surface area contributed by atoms with Crippen molar-refractivity contribution in [3.05, 3.63) is 65.0 Å². The lowest BCUT2D eigenvalue weighted by atomic mass is 10.1. The summed E-state index contributed by atoms with van der Waals surface area (Å²) in [6.45, 7) is 1.18. The molecule has 129 valence electrons. The first kappa shape index (κ1) is 18.6. The van der Waals surface area contributed by atoms with Crippen molar-refractivity contribution in [3.63, 3.8) is 0 Å². The molecular formula is C19H23ClNO3. The average Bonchev–Trinajstić information content (AvgIpc) is 2.61. The molecule has 0 saturated heterocycles. The molecule has 0 fully saturated rings. The van der Waals surface area contributed by atoms with Crippen LogP contribution in [0.3, 0.4) is 0 Å². The first-order chi connectivity index (χ1) is 11.6. The second kappa shape index (κ2) is 9.52. The molecule has 0 aliphatic heterocycles. The zero-order valence-corrected chi connectivity index (χ0v) is 14.7. The Bertz CT molecular complexity index is 648. The maximum Gasteiger partial charge on any atom is 0.160 e. The number of methoxy groups -OCH3 is 2. The molecule has 0 aliphatic rings. The van der Waals surface area contributed by atoms with Crippen LogP contribution in [0.4, 0.5) is 0 Å². The molecule has 0 heterocycles. The van der Waals surface area contributed by atoms with Crippen molar-refractivity contribution in [2.75, 3.05) is 27.3 Å². The fourth-order valence-electron chi connectivity index (χ4n) is 2.40. The normalized spacial score (nSPS) is 12.0. The molecule has 2 N–H and O–H groups in total. The third kappa shape index (κ3) is 5.41. The largest absolute Gasteiger partial charge is 0.493 e. The third-order valence-corrected chi connectivity index (χ3v) is 3.92. The number of halogens is 1. The fourth-order valence-corrected chi connectivity index (χ4v) is 2.60. The van der Waals surface area contributed by atoms with E-state index in [4.69, 9.17) is 21.1 Å². The molecule has 0 spiro atoms. The predicted octanol–water partition coefficient (Wildman–Crippen LogP) is 3.43. The second-order valence-electron chi connectivity index (χ2n) is 5.41. The van der Waals surface area contributed by atoms with E-state index in [0.29, 0.717) is 18.1 Å². The zero-order valence-electron chi connectivity index (χ0n) is 14.0. The van der Waals surface area contributed by atoms with Gasteiger partial charge in [0.25, 0.3) is 0 Å². The van der Waals surface area contributed by atoms with Gasteiger partial charge in [0.15, 0.2) is 11.5 Å². The summed E-state index contributed by atoms with van der Waals surface area (Å²) in [5.74, 6) is 1.46. The number of ether oxygens (including phenoxy) is 2. The Balaban J connectivity index is 1.73. The van der Waals surface area contributed by atoms with Crippen LogP contribution in [0.25, 0.3) is 0 Å². The molecule has 0 aliphatic carbocycles. The van der Waals surface area contributed by atoms with E-state index >= 15 is 0 Å². The van der Waals surface area contributed by atoms with E-state index in [0.717, 1.165) is 29.0 Å². The quantitative estimate of drug-likeness (QED) is 0.682. The number of nitrogens with one attached hydrogen (secondary N) is 1. The van der Waals surface area contributed by atoms with Crippen LogP contribution in [0, 0.1) is 6.42 Å². The summed E-state index contributed by atoms with van der Waals surface area (Å²) in [5.41, 5.74) is 1.96. The van der Waals surface area contributed by atoms with Gasteiger partial charge in [-0.1, -0.05) is 29.8 Å². The smallest absolute Gasteiger partial charge is 0.160 e. The second-order valence-corrected chi connectivity index (χ2v) is 5.85. The summed E-state index contributed by atoms with van der Waals surface area (Å²) in [6, 6.07) is 13.2. The minimum atomic E-state index is -0.571. The Kier molecular flexibility index (Phi) is 7.37. The highest BCUT2D eigenvalue weighted by atomic mass is 35.5. The summed E-state index contributed by atoms with van der Waals surface area (Å²) in [5, 5.41) is 14.0. The van der Waals surface area contributed by atoms with Gasteiger partial charge in [-0.25, -0.2) is 0 Å². The van der Waals surface area contributed by atoms with Crippen LogP contribution < -0.4 is 14.8 Å². The molecule has 2 aromatic carbocycles. The monoisotopic (exact) mass is 348 g/mol. The Morgan fingerprint density at radius 3 is 2.62 bits per heavy atom. The number of rotatable bonds is 9. The molecular weight excluding hydrogens is 326 g/mol. The lowest BCUT2D eigenvalue weighted by Crippen LogP contribution is -2.23. The Labute approximate surface area is 148 Å². The number of hydrogen-bond acceptors (Lipinski definition) is 4. The molecule has 2 aromatic rings. The van der Waals surface area contributed by atoms with Crippen LogP contribution in [0.2, 0.25) is 5.02 Å². The van der Waals surface area contributed by atoms with Gasteiger partial charge in [0, 0.05) is 11.6 Å². The number of aliphatic hydroxyl groups excluding tert-OH is 1. The molecule has 1 atom stereocenters. The van der Waals surface area contributed by atoms with E-state index in [1.807, 2.05) is 30.3 Å². The van der Waals surface area contributed by atoms with E-state index < -0.39 is 6.10 Å². The van der Waals surface area contributed by atoms with Gasteiger partial charge in [-0.05, 0) is 54.8 Å².